The first-order chi connectivity index (χ1) is 14.8. The van der Waals surface area contributed by atoms with Crippen molar-refractivity contribution in [2.75, 3.05) is 12.8 Å². The molecule has 0 bridgehead atoms. The summed E-state index contributed by atoms with van der Waals surface area (Å²) in [6, 6.07) is 14.1. The second-order valence-corrected chi connectivity index (χ2v) is 7.65. The Hall–Kier alpha value is -3.30. The van der Waals surface area contributed by atoms with Crippen LogP contribution in [0.25, 0.3) is 0 Å². The van der Waals surface area contributed by atoms with Gasteiger partial charge in [-0.05, 0) is 60.2 Å². The quantitative estimate of drug-likeness (QED) is 0.342. The molecule has 162 valence electrons. The Morgan fingerprint density at radius 2 is 1.71 bits per heavy atom. The number of thioether (sulfide) groups is 1. The molecule has 3 aromatic rings. The number of carboxylic acid groups (broad SMARTS) is 1. The van der Waals surface area contributed by atoms with E-state index in [1.807, 2.05) is 0 Å². The van der Waals surface area contributed by atoms with Crippen molar-refractivity contribution in [3.8, 4) is 17.2 Å². The number of nitrogen functional groups attached to an aromatic ring is 1. The van der Waals surface area contributed by atoms with Crippen LogP contribution in [0.15, 0.2) is 65.6 Å². The largest absolute Gasteiger partial charge is 0.494 e. The van der Waals surface area contributed by atoms with Gasteiger partial charge in [-0.2, -0.15) is 0 Å². The average Bonchev–Trinajstić information content (AvgIpc) is 2.75. The van der Waals surface area contributed by atoms with E-state index in [1.54, 1.807) is 18.2 Å². The van der Waals surface area contributed by atoms with Crippen molar-refractivity contribution < 1.29 is 33.3 Å². The molecule has 0 aliphatic heterocycles. The molecule has 0 aliphatic carbocycles. The lowest BCUT2D eigenvalue weighted by molar-refractivity contribution is -0.146. The van der Waals surface area contributed by atoms with Gasteiger partial charge in [0.05, 0.1) is 12.4 Å². The fourth-order valence-corrected chi connectivity index (χ4v) is 3.95. The molecule has 4 N–H and O–H groups in total. The van der Waals surface area contributed by atoms with Gasteiger partial charge >= 0.3 is 5.97 Å². The minimum atomic E-state index is -1.83. The zero-order valence-electron chi connectivity index (χ0n) is 16.3. The molecule has 0 saturated heterocycles. The number of methoxy groups -OCH3 is 1. The lowest BCUT2D eigenvalue weighted by atomic mass is 10.1. The summed E-state index contributed by atoms with van der Waals surface area (Å²) in [5.74, 6) is -1.81. The average molecular weight is 447 g/mol. The highest BCUT2D eigenvalue weighted by Crippen LogP contribution is 2.43. The van der Waals surface area contributed by atoms with Crippen molar-refractivity contribution in [2.45, 2.75) is 16.2 Å². The number of nitrogens with two attached hydrogens (primary N) is 1. The van der Waals surface area contributed by atoms with E-state index >= 15 is 0 Å². The number of halogens is 2. The fourth-order valence-electron chi connectivity index (χ4n) is 2.76. The maximum absolute atomic E-state index is 14.2. The summed E-state index contributed by atoms with van der Waals surface area (Å²) < 4.78 is 37.8. The van der Waals surface area contributed by atoms with Gasteiger partial charge in [0.1, 0.15) is 17.3 Å². The van der Waals surface area contributed by atoms with Crippen molar-refractivity contribution >= 4 is 23.4 Å². The first-order valence-corrected chi connectivity index (χ1v) is 9.90. The molecule has 9 heteroatoms. The molecule has 2 atom stereocenters. The molecular formula is C22H19F2NO5S. The molecule has 3 rings (SSSR count). The predicted molar refractivity (Wildman–Crippen MR) is 113 cm³/mol. The van der Waals surface area contributed by atoms with Crippen LogP contribution in [0, 0.1) is 11.6 Å². The molecule has 3 aromatic carbocycles. The molecule has 0 fully saturated rings. The van der Waals surface area contributed by atoms with Gasteiger partial charge in [0.15, 0.2) is 17.7 Å². The highest BCUT2D eigenvalue weighted by Gasteiger charge is 2.30. The van der Waals surface area contributed by atoms with E-state index in [2.05, 4.69) is 0 Å². The van der Waals surface area contributed by atoms with E-state index in [-0.39, 0.29) is 11.3 Å². The Morgan fingerprint density at radius 1 is 1.03 bits per heavy atom. The number of rotatable bonds is 8. The standard InChI is InChI=1S/C22H19F2NO5S/c1-29-18-9-2-12(10-16(18)24)21(20(26)22(27)28)31-19-11-15(7-8-17(19)25)30-14-5-3-13(23)4-6-14/h2-11,20-21,26H,25H2,1H3,(H,27,28). The first kappa shape index (κ1) is 22.4. The van der Waals surface area contributed by atoms with E-state index in [0.717, 1.165) is 17.8 Å². The Bertz CT molecular complexity index is 1080. The van der Waals surface area contributed by atoms with Crippen molar-refractivity contribution in [1.82, 2.24) is 0 Å². The van der Waals surface area contributed by atoms with Gasteiger partial charge in [-0.15, -0.1) is 11.8 Å². The number of hydrogen-bond donors (Lipinski definition) is 3. The van der Waals surface area contributed by atoms with Crippen molar-refractivity contribution in [3.05, 3.63) is 77.9 Å². The summed E-state index contributed by atoms with van der Waals surface area (Å²) >= 11 is 0.951. The predicted octanol–water partition coefficient (Wildman–Crippen LogP) is 4.63. The van der Waals surface area contributed by atoms with E-state index in [9.17, 15) is 23.8 Å². The number of anilines is 1. The highest BCUT2D eigenvalue weighted by atomic mass is 32.2. The third-order valence-corrected chi connectivity index (χ3v) is 5.72. The summed E-state index contributed by atoms with van der Waals surface area (Å²) in [7, 11) is 1.31. The lowest BCUT2D eigenvalue weighted by Gasteiger charge is -2.21. The molecule has 0 amide bonds. The van der Waals surface area contributed by atoms with Crippen molar-refractivity contribution in [2.24, 2.45) is 0 Å². The maximum atomic E-state index is 14.2. The number of benzene rings is 3. The van der Waals surface area contributed by atoms with Gasteiger partial charge in [0, 0.05) is 10.6 Å². The summed E-state index contributed by atoms with van der Waals surface area (Å²) in [5.41, 5.74) is 6.58. The lowest BCUT2D eigenvalue weighted by Crippen LogP contribution is -2.26. The minimum Gasteiger partial charge on any atom is -0.494 e. The third kappa shape index (κ3) is 5.44. The van der Waals surface area contributed by atoms with Gasteiger partial charge in [0.25, 0.3) is 0 Å². The van der Waals surface area contributed by atoms with Crippen LogP contribution in [-0.2, 0) is 4.79 Å². The van der Waals surface area contributed by atoms with E-state index in [0.29, 0.717) is 22.1 Å². The molecule has 6 nitrogen and oxygen atoms in total. The molecule has 0 heterocycles. The molecule has 31 heavy (non-hydrogen) atoms. The monoisotopic (exact) mass is 447 g/mol. The second-order valence-electron chi connectivity index (χ2n) is 6.47. The minimum absolute atomic E-state index is 0.00785. The number of hydrogen-bond acceptors (Lipinski definition) is 6. The van der Waals surface area contributed by atoms with Crippen LogP contribution in [0.3, 0.4) is 0 Å². The summed E-state index contributed by atoms with van der Waals surface area (Å²) in [4.78, 5) is 11.9. The Balaban J connectivity index is 1.92. The molecule has 0 radical (unpaired) electrons. The third-order valence-electron chi connectivity index (χ3n) is 4.33. The molecule has 0 spiro atoms. The SMILES string of the molecule is COc1ccc(C(Sc2cc(Oc3ccc(F)cc3)ccc2N)C(O)C(=O)O)cc1F. The van der Waals surface area contributed by atoms with Gasteiger partial charge in [-0.3, -0.25) is 0 Å². The number of ether oxygens (including phenoxy) is 2. The number of carboxylic acids is 1. The van der Waals surface area contributed by atoms with Gasteiger partial charge in [-0.25, -0.2) is 13.6 Å². The highest BCUT2D eigenvalue weighted by molar-refractivity contribution is 7.99. The van der Waals surface area contributed by atoms with Crippen molar-refractivity contribution in [3.63, 3.8) is 0 Å². The van der Waals surface area contributed by atoms with E-state index < -0.39 is 29.0 Å². The van der Waals surface area contributed by atoms with Gasteiger partial charge in [-0.1, -0.05) is 6.07 Å². The molecular weight excluding hydrogens is 428 g/mol. The number of aliphatic hydroxyl groups is 1. The maximum Gasteiger partial charge on any atom is 0.334 e. The Morgan fingerprint density at radius 3 is 2.32 bits per heavy atom. The summed E-state index contributed by atoms with van der Waals surface area (Å²) in [5, 5.41) is 18.5. The Kier molecular flexibility index (Phi) is 6.98. The zero-order chi connectivity index (χ0) is 22.5. The smallest absolute Gasteiger partial charge is 0.334 e. The van der Waals surface area contributed by atoms with E-state index in [1.165, 1.54) is 43.5 Å². The molecule has 0 saturated carbocycles. The molecule has 2 unspecified atom stereocenters. The van der Waals surface area contributed by atoms with Crippen LogP contribution < -0.4 is 15.2 Å². The van der Waals surface area contributed by atoms with Crippen LogP contribution in [0.1, 0.15) is 10.8 Å². The number of aliphatic carboxylic acids is 1. The van der Waals surface area contributed by atoms with Gasteiger partial charge in [0.2, 0.25) is 0 Å². The summed E-state index contributed by atoms with van der Waals surface area (Å²) in [6.45, 7) is 0. The van der Waals surface area contributed by atoms with Crippen LogP contribution in [0.4, 0.5) is 14.5 Å². The number of aliphatic hydroxyl groups excluding tert-OH is 1. The zero-order valence-corrected chi connectivity index (χ0v) is 17.1. The Labute approximate surface area is 181 Å². The first-order valence-electron chi connectivity index (χ1n) is 9.02. The molecule has 0 aliphatic rings. The van der Waals surface area contributed by atoms with Crippen LogP contribution in [-0.4, -0.2) is 29.4 Å². The van der Waals surface area contributed by atoms with Crippen molar-refractivity contribution in [1.29, 1.82) is 0 Å². The molecule has 0 aromatic heterocycles. The second kappa shape index (κ2) is 9.67. The summed E-state index contributed by atoms with van der Waals surface area (Å²) in [6.07, 6.45) is -1.83. The fraction of sp³-hybridized carbons (Fsp3) is 0.136. The van der Waals surface area contributed by atoms with E-state index in [4.69, 9.17) is 15.2 Å². The number of carbonyl (C=O) groups is 1. The normalized spacial score (nSPS) is 12.8. The van der Waals surface area contributed by atoms with Gasteiger partial charge < -0.3 is 25.4 Å². The van der Waals surface area contributed by atoms with Crippen LogP contribution in [0.2, 0.25) is 0 Å². The topological polar surface area (TPSA) is 102 Å². The van der Waals surface area contributed by atoms with Crippen LogP contribution in [0.5, 0.6) is 17.2 Å². The van der Waals surface area contributed by atoms with Crippen LogP contribution >= 0.6 is 11.8 Å².